The van der Waals surface area contributed by atoms with Gasteiger partial charge in [0, 0.05) is 11.1 Å². The predicted molar refractivity (Wildman–Crippen MR) is 60.5 cm³/mol. The number of nitrogens with one attached hydrogen (secondary N) is 1. The summed E-state index contributed by atoms with van der Waals surface area (Å²) < 4.78 is 5.40. The lowest BCUT2D eigenvalue weighted by atomic mass is 9.68. The highest BCUT2D eigenvalue weighted by Crippen LogP contribution is 2.50. The number of para-hydroxylation sites is 1. The molecule has 1 spiro atoms. The van der Waals surface area contributed by atoms with Crippen LogP contribution in [0.4, 0.5) is 0 Å². The Labute approximate surface area is 94.8 Å². The lowest BCUT2D eigenvalue weighted by molar-refractivity contribution is -0.139. The summed E-state index contributed by atoms with van der Waals surface area (Å²) in [6.07, 6.45) is 0.815. The minimum atomic E-state index is -0.496. The third-order valence-electron chi connectivity index (χ3n) is 4.03. The van der Waals surface area contributed by atoms with Crippen LogP contribution in [0.25, 0.3) is 0 Å². The second-order valence-corrected chi connectivity index (χ2v) is 5.09. The molecule has 1 unspecified atom stereocenters. The van der Waals surface area contributed by atoms with E-state index in [0.717, 1.165) is 24.3 Å². The van der Waals surface area contributed by atoms with E-state index in [1.807, 2.05) is 24.3 Å². The van der Waals surface area contributed by atoms with Gasteiger partial charge in [0.05, 0.1) is 0 Å². The summed E-state index contributed by atoms with van der Waals surface area (Å²) in [6, 6.07) is 7.75. The number of fused-ring (bicyclic) bond motifs is 2. The van der Waals surface area contributed by atoms with Crippen molar-refractivity contribution in [1.82, 2.24) is 5.32 Å². The first kappa shape index (κ1) is 9.85. The van der Waals surface area contributed by atoms with Crippen LogP contribution >= 0.6 is 0 Å². The topological polar surface area (TPSA) is 38.3 Å². The number of carbonyl (C=O) groups excluding carboxylic acids is 1. The van der Waals surface area contributed by atoms with Gasteiger partial charge in [-0.05, 0) is 32.9 Å². The molecule has 1 saturated heterocycles. The molecule has 1 aromatic carbocycles. The second kappa shape index (κ2) is 2.86. The van der Waals surface area contributed by atoms with E-state index in [4.69, 9.17) is 4.74 Å². The largest absolute Gasteiger partial charge is 0.425 e. The molecule has 0 amide bonds. The summed E-state index contributed by atoms with van der Waals surface area (Å²) in [4.78, 5) is 12.2. The monoisotopic (exact) mass is 217 g/mol. The van der Waals surface area contributed by atoms with Crippen molar-refractivity contribution in [2.75, 3.05) is 6.54 Å². The van der Waals surface area contributed by atoms with Gasteiger partial charge in [0.25, 0.3) is 0 Å². The minimum Gasteiger partial charge on any atom is -0.425 e. The van der Waals surface area contributed by atoms with Gasteiger partial charge in [-0.1, -0.05) is 18.2 Å². The number of benzene rings is 1. The lowest BCUT2D eigenvalue weighted by Crippen LogP contribution is -2.53. The normalized spacial score (nSPS) is 30.5. The summed E-state index contributed by atoms with van der Waals surface area (Å²) in [5.74, 6) is 0.618. The Hall–Kier alpha value is -1.35. The first-order chi connectivity index (χ1) is 7.58. The van der Waals surface area contributed by atoms with E-state index in [-0.39, 0.29) is 11.5 Å². The van der Waals surface area contributed by atoms with Crippen molar-refractivity contribution < 1.29 is 9.53 Å². The van der Waals surface area contributed by atoms with Crippen molar-refractivity contribution >= 4 is 5.97 Å². The second-order valence-electron chi connectivity index (χ2n) is 5.09. The molecule has 0 saturated carbocycles. The number of carbonyl (C=O) groups is 1. The highest BCUT2D eigenvalue weighted by Gasteiger charge is 2.60. The maximum absolute atomic E-state index is 12.2. The van der Waals surface area contributed by atoms with Crippen LogP contribution in [0, 0.1) is 0 Å². The fourth-order valence-corrected chi connectivity index (χ4v) is 3.06. The third-order valence-corrected chi connectivity index (χ3v) is 4.03. The highest BCUT2D eigenvalue weighted by molar-refractivity contribution is 5.92. The molecule has 0 bridgehead atoms. The van der Waals surface area contributed by atoms with E-state index >= 15 is 0 Å². The molecule has 1 N–H and O–H groups in total. The summed E-state index contributed by atoms with van der Waals surface area (Å²) in [5.41, 5.74) is 0.301. The van der Waals surface area contributed by atoms with E-state index in [1.54, 1.807) is 0 Å². The first-order valence-electron chi connectivity index (χ1n) is 5.65. The number of ether oxygens (including phenoxy) is 1. The van der Waals surface area contributed by atoms with E-state index in [2.05, 4.69) is 19.2 Å². The molecule has 1 aromatic rings. The Balaban J connectivity index is 2.25. The van der Waals surface area contributed by atoms with Gasteiger partial charge < -0.3 is 10.1 Å². The van der Waals surface area contributed by atoms with Crippen LogP contribution in [0.1, 0.15) is 25.8 Å². The fourth-order valence-electron chi connectivity index (χ4n) is 3.06. The molecule has 0 aromatic heterocycles. The molecule has 3 heteroatoms. The van der Waals surface area contributed by atoms with Crippen LogP contribution < -0.4 is 10.1 Å². The summed E-state index contributed by atoms with van der Waals surface area (Å²) in [6.45, 7) is 5.00. The zero-order chi connectivity index (χ0) is 11.4. The SMILES string of the molecule is CC1(C)NCCC12C(=O)Oc1ccccc12. The number of hydrogen-bond donors (Lipinski definition) is 1. The number of esters is 1. The number of hydrogen-bond acceptors (Lipinski definition) is 3. The molecule has 3 nitrogen and oxygen atoms in total. The molecule has 2 heterocycles. The molecule has 3 rings (SSSR count). The molecule has 2 aliphatic heterocycles. The predicted octanol–water partition coefficient (Wildman–Crippen LogP) is 1.62. The van der Waals surface area contributed by atoms with E-state index in [1.165, 1.54) is 0 Å². The Bertz CT molecular complexity index is 467. The highest BCUT2D eigenvalue weighted by atomic mass is 16.5. The first-order valence-corrected chi connectivity index (χ1v) is 5.65. The zero-order valence-electron chi connectivity index (χ0n) is 9.54. The van der Waals surface area contributed by atoms with Gasteiger partial charge in [0.2, 0.25) is 0 Å². The minimum absolute atomic E-state index is 0.108. The summed E-state index contributed by atoms with van der Waals surface area (Å²) in [5, 5.41) is 3.40. The van der Waals surface area contributed by atoms with Gasteiger partial charge in [0.1, 0.15) is 11.2 Å². The summed E-state index contributed by atoms with van der Waals surface area (Å²) in [7, 11) is 0. The average Bonchev–Trinajstić information content (AvgIpc) is 2.69. The van der Waals surface area contributed by atoms with Gasteiger partial charge >= 0.3 is 5.97 Å². The maximum atomic E-state index is 12.2. The molecule has 16 heavy (non-hydrogen) atoms. The Morgan fingerprint density at radius 3 is 2.75 bits per heavy atom. The van der Waals surface area contributed by atoms with Gasteiger partial charge in [-0.25, -0.2) is 0 Å². The van der Waals surface area contributed by atoms with Gasteiger partial charge in [-0.3, -0.25) is 4.79 Å². The van der Waals surface area contributed by atoms with Gasteiger partial charge in [-0.2, -0.15) is 0 Å². The molecule has 84 valence electrons. The van der Waals surface area contributed by atoms with Crippen LogP contribution in [0.3, 0.4) is 0 Å². The molecule has 2 aliphatic rings. The standard InChI is InChI=1S/C13H15NO2/c1-12(2)13(7-8-14-12)9-5-3-4-6-10(9)16-11(13)15/h3-6,14H,7-8H2,1-2H3. The Morgan fingerprint density at radius 2 is 2.06 bits per heavy atom. The molecular formula is C13H15NO2. The third kappa shape index (κ3) is 0.944. The molecule has 1 fully saturated rings. The van der Waals surface area contributed by atoms with Crippen molar-refractivity contribution in [3.8, 4) is 5.75 Å². The smallest absolute Gasteiger partial charge is 0.324 e. The van der Waals surface area contributed by atoms with Crippen LogP contribution in [0.15, 0.2) is 24.3 Å². The molecule has 0 radical (unpaired) electrons. The van der Waals surface area contributed by atoms with Crippen LogP contribution in [0.5, 0.6) is 5.75 Å². The van der Waals surface area contributed by atoms with Crippen molar-refractivity contribution in [2.45, 2.75) is 31.2 Å². The van der Waals surface area contributed by atoms with E-state index < -0.39 is 5.41 Å². The molecular weight excluding hydrogens is 202 g/mol. The van der Waals surface area contributed by atoms with Crippen molar-refractivity contribution in [1.29, 1.82) is 0 Å². The van der Waals surface area contributed by atoms with Crippen molar-refractivity contribution in [2.24, 2.45) is 0 Å². The number of rotatable bonds is 0. The zero-order valence-corrected chi connectivity index (χ0v) is 9.54. The molecule has 1 atom stereocenters. The Kier molecular flexibility index (Phi) is 1.76. The van der Waals surface area contributed by atoms with E-state index in [0.29, 0.717) is 0 Å². The van der Waals surface area contributed by atoms with Crippen molar-refractivity contribution in [3.63, 3.8) is 0 Å². The summed E-state index contributed by atoms with van der Waals surface area (Å²) >= 11 is 0. The van der Waals surface area contributed by atoms with Crippen LogP contribution in [-0.4, -0.2) is 18.1 Å². The van der Waals surface area contributed by atoms with E-state index in [9.17, 15) is 4.79 Å². The van der Waals surface area contributed by atoms with Gasteiger partial charge in [0.15, 0.2) is 0 Å². The van der Waals surface area contributed by atoms with Crippen molar-refractivity contribution in [3.05, 3.63) is 29.8 Å². The quantitative estimate of drug-likeness (QED) is 0.530. The van der Waals surface area contributed by atoms with Gasteiger partial charge in [-0.15, -0.1) is 0 Å². The fraction of sp³-hybridized carbons (Fsp3) is 0.462. The molecule has 0 aliphatic carbocycles. The maximum Gasteiger partial charge on any atom is 0.324 e. The Morgan fingerprint density at radius 1 is 1.31 bits per heavy atom. The lowest BCUT2D eigenvalue weighted by Gasteiger charge is -2.34. The van der Waals surface area contributed by atoms with Crippen LogP contribution in [-0.2, 0) is 10.2 Å². The van der Waals surface area contributed by atoms with Crippen LogP contribution in [0.2, 0.25) is 0 Å². The average molecular weight is 217 g/mol.